The van der Waals surface area contributed by atoms with Crippen molar-refractivity contribution in [3.63, 3.8) is 0 Å². The van der Waals surface area contributed by atoms with E-state index in [0.29, 0.717) is 29.8 Å². The first-order valence-corrected chi connectivity index (χ1v) is 8.42. The Morgan fingerprint density at radius 3 is 2.85 bits per heavy atom. The molecule has 0 fully saturated rings. The maximum absolute atomic E-state index is 12.4. The number of aryl methyl sites for hydroxylation is 1. The van der Waals surface area contributed by atoms with Gasteiger partial charge in [0.2, 0.25) is 0 Å². The molecule has 0 aliphatic carbocycles. The number of rotatable bonds is 5. The van der Waals surface area contributed by atoms with Crippen molar-refractivity contribution in [1.29, 1.82) is 0 Å². The van der Waals surface area contributed by atoms with Crippen molar-refractivity contribution < 1.29 is 9.21 Å². The molecule has 0 atom stereocenters. The van der Waals surface area contributed by atoms with Crippen LogP contribution >= 0.6 is 0 Å². The summed E-state index contributed by atoms with van der Waals surface area (Å²) < 4.78 is 8.37. The minimum Gasteiger partial charge on any atom is -0.408 e. The van der Waals surface area contributed by atoms with Crippen LogP contribution in [0.3, 0.4) is 0 Å². The number of hydrogen-bond donors (Lipinski definition) is 1. The first-order chi connectivity index (χ1) is 13.1. The van der Waals surface area contributed by atoms with Crippen molar-refractivity contribution in [3.05, 3.63) is 71.2 Å². The second-order valence-electron chi connectivity index (χ2n) is 6.11. The van der Waals surface area contributed by atoms with E-state index in [9.17, 15) is 9.59 Å². The molecule has 4 aromatic rings. The van der Waals surface area contributed by atoms with Gasteiger partial charge in [-0.25, -0.2) is 4.79 Å². The molecule has 27 heavy (non-hydrogen) atoms. The average Bonchev–Trinajstić information content (AvgIpc) is 3.25. The lowest BCUT2D eigenvalue weighted by molar-refractivity contribution is 0.0952. The molecular formula is C19H17N5O3. The number of fused-ring (bicyclic) bond motifs is 1. The second kappa shape index (κ2) is 6.91. The summed E-state index contributed by atoms with van der Waals surface area (Å²) in [4.78, 5) is 28.5. The first kappa shape index (κ1) is 16.8. The van der Waals surface area contributed by atoms with E-state index in [2.05, 4.69) is 15.4 Å². The molecule has 4 rings (SSSR count). The standard InChI is InChI=1S/C19H17N5O3/c1-23-12-15(11-22-23)13-8-14(10-20-9-13)18(25)21-6-7-24-16-4-2-3-5-17(16)27-19(24)26/h2-5,8-12H,6-7H2,1H3,(H,21,25). The van der Waals surface area contributed by atoms with Crippen LogP contribution in [0.15, 0.2) is 64.3 Å². The summed E-state index contributed by atoms with van der Waals surface area (Å²) in [5.74, 6) is -0.695. The van der Waals surface area contributed by atoms with E-state index in [0.717, 1.165) is 11.1 Å². The van der Waals surface area contributed by atoms with Gasteiger partial charge in [0.15, 0.2) is 5.58 Å². The molecule has 1 N–H and O–H groups in total. The number of carbonyl (C=O) groups excluding carboxylic acids is 1. The summed E-state index contributed by atoms with van der Waals surface area (Å²) in [5, 5.41) is 6.94. The maximum Gasteiger partial charge on any atom is 0.420 e. The molecule has 0 bridgehead atoms. The molecule has 0 aliphatic rings. The van der Waals surface area contributed by atoms with Crippen molar-refractivity contribution in [1.82, 2.24) is 24.6 Å². The van der Waals surface area contributed by atoms with Crippen molar-refractivity contribution >= 4 is 17.0 Å². The van der Waals surface area contributed by atoms with Gasteiger partial charge in [-0.3, -0.25) is 19.0 Å². The third-order valence-electron chi connectivity index (χ3n) is 4.23. The van der Waals surface area contributed by atoms with E-state index in [1.165, 1.54) is 10.8 Å². The zero-order chi connectivity index (χ0) is 18.8. The number of pyridine rings is 1. The minimum absolute atomic E-state index is 0.255. The molecule has 1 amide bonds. The highest BCUT2D eigenvalue weighted by Gasteiger charge is 2.11. The Balaban J connectivity index is 1.45. The average molecular weight is 363 g/mol. The topological polar surface area (TPSA) is 95.0 Å². The van der Waals surface area contributed by atoms with E-state index < -0.39 is 5.76 Å². The fraction of sp³-hybridized carbons (Fsp3) is 0.158. The van der Waals surface area contributed by atoms with Crippen LogP contribution in [0.25, 0.3) is 22.2 Å². The van der Waals surface area contributed by atoms with Crippen LogP contribution in [0.1, 0.15) is 10.4 Å². The van der Waals surface area contributed by atoms with Crippen LogP contribution in [0.4, 0.5) is 0 Å². The van der Waals surface area contributed by atoms with Crippen molar-refractivity contribution in [2.75, 3.05) is 6.54 Å². The lowest BCUT2D eigenvalue weighted by Crippen LogP contribution is -2.29. The van der Waals surface area contributed by atoms with Gasteiger partial charge in [0, 0.05) is 49.9 Å². The predicted molar refractivity (Wildman–Crippen MR) is 99.2 cm³/mol. The molecule has 0 saturated carbocycles. The predicted octanol–water partition coefficient (Wildman–Crippen LogP) is 1.82. The molecule has 0 spiro atoms. The lowest BCUT2D eigenvalue weighted by atomic mass is 10.1. The number of nitrogens with one attached hydrogen (secondary N) is 1. The van der Waals surface area contributed by atoms with Gasteiger partial charge in [-0.2, -0.15) is 5.10 Å². The molecule has 8 heteroatoms. The summed E-state index contributed by atoms with van der Waals surface area (Å²) in [7, 11) is 1.83. The summed E-state index contributed by atoms with van der Waals surface area (Å²) in [5.41, 5.74) is 3.38. The molecule has 3 heterocycles. The van der Waals surface area contributed by atoms with Gasteiger partial charge in [0.05, 0.1) is 17.3 Å². The smallest absolute Gasteiger partial charge is 0.408 e. The Hall–Kier alpha value is -3.68. The summed E-state index contributed by atoms with van der Waals surface area (Å²) in [6, 6.07) is 8.95. The van der Waals surface area contributed by atoms with E-state index in [-0.39, 0.29) is 5.91 Å². The highest BCUT2D eigenvalue weighted by molar-refractivity contribution is 5.95. The fourth-order valence-corrected chi connectivity index (χ4v) is 2.90. The van der Waals surface area contributed by atoms with Gasteiger partial charge in [0.25, 0.3) is 5.91 Å². The van der Waals surface area contributed by atoms with Crippen molar-refractivity contribution in [2.45, 2.75) is 6.54 Å². The molecule has 0 saturated heterocycles. The normalized spacial score (nSPS) is 11.0. The highest BCUT2D eigenvalue weighted by atomic mass is 16.4. The van der Waals surface area contributed by atoms with Gasteiger partial charge >= 0.3 is 5.76 Å². The van der Waals surface area contributed by atoms with Gasteiger partial charge in [-0.15, -0.1) is 0 Å². The van der Waals surface area contributed by atoms with Crippen LogP contribution in [-0.2, 0) is 13.6 Å². The van der Waals surface area contributed by atoms with Crippen LogP contribution in [0.2, 0.25) is 0 Å². The van der Waals surface area contributed by atoms with Crippen molar-refractivity contribution in [3.8, 4) is 11.1 Å². The lowest BCUT2D eigenvalue weighted by Gasteiger charge is -2.07. The highest BCUT2D eigenvalue weighted by Crippen LogP contribution is 2.18. The van der Waals surface area contributed by atoms with Crippen LogP contribution in [0, 0.1) is 0 Å². The number of para-hydroxylation sites is 2. The molecule has 3 aromatic heterocycles. The second-order valence-corrected chi connectivity index (χ2v) is 6.11. The third kappa shape index (κ3) is 3.37. The number of hydrogen-bond acceptors (Lipinski definition) is 5. The fourth-order valence-electron chi connectivity index (χ4n) is 2.90. The van der Waals surface area contributed by atoms with Crippen LogP contribution in [-0.4, -0.2) is 31.8 Å². The zero-order valence-corrected chi connectivity index (χ0v) is 14.6. The Kier molecular flexibility index (Phi) is 4.29. The van der Waals surface area contributed by atoms with Gasteiger partial charge in [-0.05, 0) is 18.2 Å². The quantitative estimate of drug-likeness (QED) is 0.584. The molecule has 0 unspecified atom stereocenters. The number of nitrogens with zero attached hydrogens (tertiary/aromatic N) is 4. The Morgan fingerprint density at radius 2 is 2.04 bits per heavy atom. The van der Waals surface area contributed by atoms with Crippen LogP contribution in [0.5, 0.6) is 0 Å². The van der Waals surface area contributed by atoms with Gasteiger partial charge < -0.3 is 9.73 Å². The summed E-state index contributed by atoms with van der Waals surface area (Å²) in [6.45, 7) is 0.608. The molecule has 8 nitrogen and oxygen atoms in total. The summed E-state index contributed by atoms with van der Waals surface area (Å²) >= 11 is 0. The first-order valence-electron chi connectivity index (χ1n) is 8.42. The largest absolute Gasteiger partial charge is 0.420 e. The summed E-state index contributed by atoms with van der Waals surface area (Å²) in [6.07, 6.45) is 6.77. The number of carbonyl (C=O) groups is 1. The molecule has 0 aliphatic heterocycles. The Morgan fingerprint density at radius 1 is 1.19 bits per heavy atom. The third-order valence-corrected chi connectivity index (χ3v) is 4.23. The minimum atomic E-state index is -0.439. The van der Waals surface area contributed by atoms with E-state index >= 15 is 0 Å². The van der Waals surface area contributed by atoms with E-state index in [4.69, 9.17) is 4.42 Å². The van der Waals surface area contributed by atoms with E-state index in [1.807, 2.05) is 25.4 Å². The Bertz CT molecular complexity index is 1170. The van der Waals surface area contributed by atoms with Gasteiger partial charge in [0.1, 0.15) is 0 Å². The van der Waals surface area contributed by atoms with E-state index in [1.54, 1.807) is 35.3 Å². The molecule has 1 aromatic carbocycles. The van der Waals surface area contributed by atoms with Crippen LogP contribution < -0.4 is 11.1 Å². The number of amides is 1. The molecule has 136 valence electrons. The molecule has 0 radical (unpaired) electrons. The number of oxazole rings is 1. The molecular weight excluding hydrogens is 346 g/mol. The van der Waals surface area contributed by atoms with Crippen molar-refractivity contribution in [2.24, 2.45) is 7.05 Å². The number of aromatic nitrogens is 4. The zero-order valence-electron chi connectivity index (χ0n) is 14.6. The van der Waals surface area contributed by atoms with Gasteiger partial charge in [-0.1, -0.05) is 12.1 Å². The Labute approximate surface area is 154 Å². The maximum atomic E-state index is 12.4. The monoisotopic (exact) mass is 363 g/mol. The number of benzene rings is 1. The SMILES string of the molecule is Cn1cc(-c2cncc(C(=O)NCCn3c(=O)oc4ccccc43)c2)cn1.